The number of aliphatic hydroxyl groups is 1. The third kappa shape index (κ3) is 4.77. The van der Waals surface area contributed by atoms with Crippen LogP contribution in [0, 0.1) is 3.57 Å². The Hall–Kier alpha value is -2.14. The molecule has 160 valence electrons. The Bertz CT molecular complexity index is 1010. The van der Waals surface area contributed by atoms with Crippen LogP contribution in [0.3, 0.4) is 0 Å². The number of benzene rings is 1. The third-order valence-electron chi connectivity index (χ3n) is 5.50. The molecule has 9 heteroatoms. The van der Waals surface area contributed by atoms with E-state index in [4.69, 9.17) is 10.7 Å². The van der Waals surface area contributed by atoms with E-state index in [-0.39, 0.29) is 0 Å². The van der Waals surface area contributed by atoms with Crippen LogP contribution >= 0.6 is 22.6 Å². The molecule has 5 N–H and O–H groups in total. The lowest BCUT2D eigenvalue weighted by atomic mass is 9.95. The summed E-state index contributed by atoms with van der Waals surface area (Å²) < 4.78 is 3.32. The highest BCUT2D eigenvalue weighted by atomic mass is 127. The van der Waals surface area contributed by atoms with Crippen LogP contribution in [0.4, 0.5) is 17.5 Å². The van der Waals surface area contributed by atoms with E-state index < -0.39 is 6.10 Å². The number of aromatic nitrogens is 4. The molecule has 30 heavy (non-hydrogen) atoms. The Labute approximate surface area is 189 Å². The van der Waals surface area contributed by atoms with Crippen molar-refractivity contribution in [3.8, 4) is 0 Å². The fourth-order valence-electron chi connectivity index (χ4n) is 3.89. The highest BCUT2D eigenvalue weighted by molar-refractivity contribution is 14.1. The normalized spacial score (nSPS) is 16.0. The van der Waals surface area contributed by atoms with Gasteiger partial charge in [-0.25, -0.2) is 4.98 Å². The molecule has 1 unspecified atom stereocenters. The Balaban J connectivity index is 1.67. The Morgan fingerprint density at radius 2 is 2.03 bits per heavy atom. The topological polar surface area (TPSA) is 114 Å². The number of nitrogens with zero attached hydrogens (tertiary/aromatic N) is 4. The molecule has 1 aliphatic rings. The summed E-state index contributed by atoms with van der Waals surface area (Å²) in [5.74, 6) is 1.15. The van der Waals surface area contributed by atoms with Gasteiger partial charge in [0.25, 0.3) is 0 Å². The minimum Gasteiger partial charge on any atom is -0.398 e. The minimum absolute atomic E-state index is 0.381. The minimum atomic E-state index is -0.491. The molecular formula is C21H28IN7O. The number of nitrogen functional groups attached to an aromatic ring is 1. The van der Waals surface area contributed by atoms with Gasteiger partial charge in [-0.05, 0) is 66.1 Å². The van der Waals surface area contributed by atoms with Gasteiger partial charge in [-0.2, -0.15) is 9.97 Å². The second kappa shape index (κ2) is 9.34. The fraction of sp³-hybridized carbons (Fsp3) is 0.476. The van der Waals surface area contributed by atoms with E-state index in [1.54, 1.807) is 6.92 Å². The van der Waals surface area contributed by atoms with Gasteiger partial charge in [0, 0.05) is 28.4 Å². The van der Waals surface area contributed by atoms with Gasteiger partial charge < -0.3 is 26.0 Å². The predicted molar refractivity (Wildman–Crippen MR) is 129 cm³/mol. The van der Waals surface area contributed by atoms with Crippen LogP contribution in [0.25, 0.3) is 11.2 Å². The van der Waals surface area contributed by atoms with Crippen molar-refractivity contribution >= 4 is 51.2 Å². The van der Waals surface area contributed by atoms with Gasteiger partial charge in [-0.1, -0.05) is 19.3 Å². The molecule has 1 atom stereocenters. The van der Waals surface area contributed by atoms with E-state index in [1.165, 1.54) is 19.3 Å². The second-order valence-corrected chi connectivity index (χ2v) is 9.18. The maximum absolute atomic E-state index is 9.66. The number of anilines is 3. The molecule has 0 spiro atoms. The molecule has 0 aliphatic heterocycles. The number of rotatable bonds is 7. The molecule has 0 amide bonds. The monoisotopic (exact) mass is 521 g/mol. The van der Waals surface area contributed by atoms with Gasteiger partial charge in [-0.15, -0.1) is 0 Å². The number of imidazole rings is 1. The number of hydrogen-bond acceptors (Lipinski definition) is 7. The number of hydrogen-bond donors (Lipinski definition) is 4. The summed E-state index contributed by atoms with van der Waals surface area (Å²) in [6, 6.07) is 6.39. The lowest BCUT2D eigenvalue weighted by molar-refractivity contribution is 0.208. The van der Waals surface area contributed by atoms with Crippen LogP contribution in [0.15, 0.2) is 24.5 Å². The molecule has 0 saturated heterocycles. The van der Waals surface area contributed by atoms with Gasteiger partial charge in [-0.3, -0.25) is 0 Å². The maximum atomic E-state index is 9.66. The van der Waals surface area contributed by atoms with E-state index in [1.807, 2.05) is 18.5 Å². The quantitative estimate of drug-likeness (QED) is 0.275. The number of nitrogens with two attached hydrogens (primary N) is 1. The first-order valence-corrected chi connectivity index (χ1v) is 11.5. The first-order valence-electron chi connectivity index (χ1n) is 10.5. The van der Waals surface area contributed by atoms with Gasteiger partial charge in [0.05, 0.1) is 12.4 Å². The summed E-state index contributed by atoms with van der Waals surface area (Å²) in [5, 5.41) is 16.2. The van der Waals surface area contributed by atoms with Crippen molar-refractivity contribution in [1.82, 2.24) is 19.5 Å². The fourth-order valence-corrected chi connectivity index (χ4v) is 4.45. The van der Waals surface area contributed by atoms with E-state index >= 15 is 0 Å². The molecule has 1 aliphatic carbocycles. The molecule has 0 bridgehead atoms. The molecule has 4 rings (SSSR count). The van der Waals surface area contributed by atoms with Crippen molar-refractivity contribution < 1.29 is 5.11 Å². The van der Waals surface area contributed by atoms with Crippen LogP contribution in [-0.4, -0.2) is 37.3 Å². The molecule has 2 aromatic heterocycles. The molecule has 3 aromatic rings. The smallest absolute Gasteiger partial charge is 0.226 e. The van der Waals surface area contributed by atoms with Crippen LogP contribution in [0.5, 0.6) is 0 Å². The van der Waals surface area contributed by atoms with E-state index in [9.17, 15) is 5.11 Å². The van der Waals surface area contributed by atoms with Crippen molar-refractivity contribution in [3.05, 3.63) is 33.7 Å². The van der Waals surface area contributed by atoms with Gasteiger partial charge in [0.1, 0.15) is 0 Å². The van der Waals surface area contributed by atoms with Gasteiger partial charge in [0.15, 0.2) is 17.0 Å². The van der Waals surface area contributed by atoms with E-state index in [0.717, 1.165) is 38.8 Å². The van der Waals surface area contributed by atoms with Crippen LogP contribution in [0.1, 0.15) is 50.6 Å². The zero-order valence-electron chi connectivity index (χ0n) is 17.1. The Kier molecular flexibility index (Phi) is 6.57. The zero-order valence-corrected chi connectivity index (χ0v) is 19.3. The maximum Gasteiger partial charge on any atom is 0.226 e. The lowest BCUT2D eigenvalue weighted by Crippen LogP contribution is -2.18. The standard InChI is InChI=1S/C21H28IN7O/c1-13(30)10-25-21-27-19(24-11-14-9-15(22)7-8-17(14)23)18-20(28-21)29(12-26-18)16-5-3-2-4-6-16/h7-9,12-13,16,30H,2-6,10-11,23H2,1H3,(H2,24,25,27,28). The first-order chi connectivity index (χ1) is 14.5. The largest absolute Gasteiger partial charge is 0.398 e. The van der Waals surface area contributed by atoms with Crippen LogP contribution in [-0.2, 0) is 6.54 Å². The first kappa shape index (κ1) is 21.1. The highest BCUT2D eigenvalue weighted by Gasteiger charge is 2.21. The van der Waals surface area contributed by atoms with Crippen LogP contribution < -0.4 is 16.4 Å². The number of nitrogens with one attached hydrogen (secondary N) is 2. The van der Waals surface area contributed by atoms with E-state index in [0.29, 0.717) is 30.9 Å². The highest BCUT2D eigenvalue weighted by Crippen LogP contribution is 2.32. The van der Waals surface area contributed by atoms with E-state index in [2.05, 4.69) is 53.8 Å². The average molecular weight is 521 g/mol. The Morgan fingerprint density at radius 1 is 1.23 bits per heavy atom. The summed E-state index contributed by atoms with van der Waals surface area (Å²) >= 11 is 2.28. The molecule has 1 fully saturated rings. The number of fused-ring (bicyclic) bond motifs is 1. The molecule has 1 saturated carbocycles. The summed E-state index contributed by atoms with van der Waals surface area (Å²) in [6.45, 7) is 2.66. The van der Waals surface area contributed by atoms with Gasteiger partial charge in [0.2, 0.25) is 5.95 Å². The van der Waals surface area contributed by atoms with Gasteiger partial charge >= 0.3 is 0 Å². The average Bonchev–Trinajstić information content (AvgIpc) is 3.17. The summed E-state index contributed by atoms with van der Waals surface area (Å²) in [4.78, 5) is 14.0. The Morgan fingerprint density at radius 3 is 2.80 bits per heavy atom. The van der Waals surface area contributed by atoms with Crippen molar-refractivity contribution in [2.24, 2.45) is 0 Å². The van der Waals surface area contributed by atoms with Crippen LogP contribution in [0.2, 0.25) is 0 Å². The van der Waals surface area contributed by atoms with Crippen molar-refractivity contribution in [3.63, 3.8) is 0 Å². The van der Waals surface area contributed by atoms with Crippen molar-refractivity contribution in [2.75, 3.05) is 22.9 Å². The molecular weight excluding hydrogens is 493 g/mol. The predicted octanol–water partition coefficient (Wildman–Crippen LogP) is 3.92. The van der Waals surface area contributed by atoms with Crippen molar-refractivity contribution in [2.45, 2.75) is 57.7 Å². The summed E-state index contributed by atoms with van der Waals surface area (Å²) in [6.07, 6.45) is 7.46. The molecule has 8 nitrogen and oxygen atoms in total. The molecule has 0 radical (unpaired) electrons. The second-order valence-electron chi connectivity index (χ2n) is 7.94. The summed E-state index contributed by atoms with van der Waals surface area (Å²) in [7, 11) is 0. The molecule has 2 heterocycles. The molecule has 1 aromatic carbocycles. The van der Waals surface area contributed by atoms with Crippen molar-refractivity contribution in [1.29, 1.82) is 0 Å². The third-order valence-corrected chi connectivity index (χ3v) is 6.17. The summed E-state index contributed by atoms with van der Waals surface area (Å²) in [5.41, 5.74) is 9.48. The lowest BCUT2D eigenvalue weighted by Gasteiger charge is -2.23. The number of aliphatic hydroxyl groups excluding tert-OH is 1. The SMILES string of the molecule is CC(O)CNc1nc(NCc2cc(I)ccc2N)c2ncn(C3CCCCC3)c2n1. The number of halogens is 1. The zero-order chi connectivity index (χ0) is 21.1.